The van der Waals surface area contributed by atoms with Gasteiger partial charge in [-0.15, -0.1) is 11.3 Å². The number of hydrogen-bond donors (Lipinski definition) is 2. The molecule has 0 fully saturated rings. The summed E-state index contributed by atoms with van der Waals surface area (Å²) in [4.78, 5) is 1.28. The highest BCUT2D eigenvalue weighted by atomic mass is 32.2. The average molecular weight is 304 g/mol. The Morgan fingerprint density at radius 1 is 1.32 bits per heavy atom. The maximum absolute atomic E-state index is 12.2. The lowest BCUT2D eigenvalue weighted by atomic mass is 9.93. The van der Waals surface area contributed by atoms with Crippen molar-refractivity contribution in [2.45, 2.75) is 45.6 Å². The molecule has 0 saturated heterocycles. The molecule has 0 amide bonds. The van der Waals surface area contributed by atoms with E-state index in [-0.39, 0.29) is 5.41 Å². The molecule has 0 aromatic carbocycles. The molecule has 1 aromatic rings. The van der Waals surface area contributed by atoms with Gasteiger partial charge in [-0.25, -0.2) is 13.1 Å². The van der Waals surface area contributed by atoms with Gasteiger partial charge < -0.3 is 5.32 Å². The smallest absolute Gasteiger partial charge is 0.241 e. The van der Waals surface area contributed by atoms with Crippen LogP contribution in [-0.4, -0.2) is 21.5 Å². The van der Waals surface area contributed by atoms with Crippen LogP contribution in [-0.2, 0) is 16.6 Å². The number of nitrogens with one attached hydrogen (secondary N) is 2. The average Bonchev–Trinajstić information content (AvgIpc) is 2.72. The van der Waals surface area contributed by atoms with Crippen LogP contribution in [0.5, 0.6) is 0 Å². The van der Waals surface area contributed by atoms with Gasteiger partial charge in [0.25, 0.3) is 0 Å². The molecular weight excluding hydrogens is 280 g/mol. The number of thiophene rings is 1. The highest BCUT2D eigenvalue weighted by molar-refractivity contribution is 7.89. The van der Waals surface area contributed by atoms with Crippen LogP contribution in [0, 0.1) is 5.41 Å². The molecule has 1 heterocycles. The number of hydrogen-bond acceptors (Lipinski definition) is 4. The van der Waals surface area contributed by atoms with Crippen molar-refractivity contribution in [1.29, 1.82) is 0 Å². The Morgan fingerprint density at radius 3 is 2.58 bits per heavy atom. The van der Waals surface area contributed by atoms with E-state index in [1.165, 1.54) is 11.3 Å². The molecule has 0 spiro atoms. The summed E-state index contributed by atoms with van der Waals surface area (Å²) in [5, 5.41) is 4.99. The third kappa shape index (κ3) is 5.60. The van der Waals surface area contributed by atoms with Gasteiger partial charge in [0.05, 0.1) is 4.90 Å². The zero-order chi connectivity index (χ0) is 14.5. The second-order valence-corrected chi connectivity index (χ2v) is 8.43. The van der Waals surface area contributed by atoms with Crippen molar-refractivity contribution in [3.05, 3.63) is 16.3 Å². The van der Waals surface area contributed by atoms with E-state index in [1.54, 1.807) is 6.07 Å². The van der Waals surface area contributed by atoms with Gasteiger partial charge in [-0.2, -0.15) is 0 Å². The maximum atomic E-state index is 12.2. The normalized spacial score (nSPS) is 12.8. The lowest BCUT2D eigenvalue weighted by molar-refractivity contribution is 0.378. The third-order valence-electron chi connectivity index (χ3n) is 2.70. The molecule has 2 N–H and O–H groups in total. The van der Waals surface area contributed by atoms with Crippen molar-refractivity contribution >= 4 is 21.4 Å². The second-order valence-electron chi connectivity index (χ2n) is 5.70. The Morgan fingerprint density at radius 2 is 2.00 bits per heavy atom. The zero-order valence-electron chi connectivity index (χ0n) is 12.1. The molecule has 0 atom stereocenters. The van der Waals surface area contributed by atoms with Crippen molar-refractivity contribution < 1.29 is 8.42 Å². The van der Waals surface area contributed by atoms with E-state index in [4.69, 9.17) is 0 Å². The summed E-state index contributed by atoms with van der Waals surface area (Å²) in [7, 11) is -3.38. The molecule has 1 rings (SSSR count). The van der Waals surface area contributed by atoms with Crippen molar-refractivity contribution in [2.75, 3.05) is 13.1 Å². The summed E-state index contributed by atoms with van der Waals surface area (Å²) >= 11 is 1.47. The van der Waals surface area contributed by atoms with E-state index in [0.717, 1.165) is 17.8 Å². The quantitative estimate of drug-likeness (QED) is 0.814. The van der Waals surface area contributed by atoms with E-state index in [0.29, 0.717) is 18.0 Å². The van der Waals surface area contributed by atoms with E-state index in [9.17, 15) is 8.42 Å². The third-order valence-corrected chi connectivity index (χ3v) is 5.29. The van der Waals surface area contributed by atoms with Crippen LogP contribution in [0.1, 0.15) is 39.0 Å². The van der Waals surface area contributed by atoms with E-state index in [1.807, 2.05) is 12.3 Å². The Labute approximate surface area is 120 Å². The van der Waals surface area contributed by atoms with Gasteiger partial charge in [0.1, 0.15) is 0 Å². The number of rotatable bonds is 7. The molecular formula is C13H24N2O2S2. The first-order valence-corrected chi connectivity index (χ1v) is 8.89. The lowest BCUT2D eigenvalue weighted by Crippen LogP contribution is -2.28. The maximum Gasteiger partial charge on any atom is 0.241 e. The predicted octanol–water partition coefficient (Wildman–Crippen LogP) is 2.57. The minimum atomic E-state index is -3.38. The fraction of sp³-hybridized carbons (Fsp3) is 0.692. The van der Waals surface area contributed by atoms with Crippen LogP contribution in [0.25, 0.3) is 0 Å². The van der Waals surface area contributed by atoms with Crippen molar-refractivity contribution in [1.82, 2.24) is 10.0 Å². The summed E-state index contributed by atoms with van der Waals surface area (Å²) in [6.07, 6.45) is 0.818. The SMILES string of the molecule is CCNCc1sccc1S(=O)(=O)NCCC(C)(C)C. The molecule has 0 aliphatic heterocycles. The van der Waals surface area contributed by atoms with Gasteiger partial charge in [-0.05, 0) is 29.8 Å². The summed E-state index contributed by atoms with van der Waals surface area (Å²) in [5.74, 6) is 0. The van der Waals surface area contributed by atoms with Crippen LogP contribution in [0.2, 0.25) is 0 Å². The van der Waals surface area contributed by atoms with Crippen LogP contribution in [0.4, 0.5) is 0 Å². The van der Waals surface area contributed by atoms with Crippen LogP contribution in [0.3, 0.4) is 0 Å². The first-order chi connectivity index (χ1) is 8.76. The van der Waals surface area contributed by atoms with Gasteiger partial charge in [-0.1, -0.05) is 27.7 Å². The van der Waals surface area contributed by atoms with Gasteiger partial charge in [0.2, 0.25) is 10.0 Å². The Hall–Kier alpha value is -0.430. The molecule has 6 heteroatoms. The molecule has 0 aliphatic carbocycles. The summed E-state index contributed by atoms with van der Waals surface area (Å²) in [6.45, 7) is 10.2. The van der Waals surface area contributed by atoms with Crippen molar-refractivity contribution in [3.8, 4) is 0 Å². The zero-order valence-corrected chi connectivity index (χ0v) is 13.7. The molecule has 19 heavy (non-hydrogen) atoms. The fourth-order valence-corrected chi connectivity index (χ4v) is 4.02. The van der Waals surface area contributed by atoms with Crippen molar-refractivity contribution in [3.63, 3.8) is 0 Å². The molecule has 0 unspecified atom stereocenters. The topological polar surface area (TPSA) is 58.2 Å². The number of sulfonamides is 1. The largest absolute Gasteiger partial charge is 0.312 e. The molecule has 0 aliphatic rings. The van der Waals surface area contributed by atoms with Gasteiger partial charge in [0.15, 0.2) is 0 Å². The molecule has 0 saturated carbocycles. The van der Waals surface area contributed by atoms with Crippen LogP contribution >= 0.6 is 11.3 Å². The Kier molecular flexibility index (Phi) is 5.98. The Bertz CT molecular complexity index is 487. The molecule has 1 aromatic heterocycles. The van der Waals surface area contributed by atoms with Crippen LogP contribution < -0.4 is 10.0 Å². The summed E-state index contributed by atoms with van der Waals surface area (Å²) in [5.41, 5.74) is 0.129. The monoisotopic (exact) mass is 304 g/mol. The van der Waals surface area contributed by atoms with E-state index in [2.05, 4.69) is 30.8 Å². The minimum absolute atomic E-state index is 0.129. The highest BCUT2D eigenvalue weighted by Gasteiger charge is 2.20. The van der Waals surface area contributed by atoms with E-state index < -0.39 is 10.0 Å². The van der Waals surface area contributed by atoms with E-state index >= 15 is 0 Å². The molecule has 0 bridgehead atoms. The molecule has 110 valence electrons. The first kappa shape index (κ1) is 16.6. The predicted molar refractivity (Wildman–Crippen MR) is 81.0 cm³/mol. The summed E-state index contributed by atoms with van der Waals surface area (Å²) < 4.78 is 27.1. The lowest BCUT2D eigenvalue weighted by Gasteiger charge is -2.18. The standard InChI is InChI=1S/C13H24N2O2S2/c1-5-14-10-11-12(6-9-18-11)19(16,17)15-8-7-13(2,3)4/h6,9,14-15H,5,7-8,10H2,1-4H3. The second kappa shape index (κ2) is 6.83. The van der Waals surface area contributed by atoms with Gasteiger partial charge in [-0.3, -0.25) is 0 Å². The fourth-order valence-electron chi connectivity index (χ4n) is 1.57. The first-order valence-electron chi connectivity index (χ1n) is 6.53. The Balaban J connectivity index is 2.69. The molecule has 4 nitrogen and oxygen atoms in total. The summed E-state index contributed by atoms with van der Waals surface area (Å²) in [6, 6.07) is 1.68. The van der Waals surface area contributed by atoms with Gasteiger partial charge >= 0.3 is 0 Å². The van der Waals surface area contributed by atoms with Crippen molar-refractivity contribution in [2.24, 2.45) is 5.41 Å². The highest BCUT2D eigenvalue weighted by Crippen LogP contribution is 2.22. The van der Waals surface area contributed by atoms with Gasteiger partial charge in [0, 0.05) is 18.0 Å². The minimum Gasteiger partial charge on any atom is -0.312 e. The van der Waals surface area contributed by atoms with Crippen LogP contribution in [0.15, 0.2) is 16.3 Å². The molecule has 0 radical (unpaired) electrons.